The van der Waals surface area contributed by atoms with Crippen LogP contribution in [0, 0.1) is 25.7 Å². The highest BCUT2D eigenvalue weighted by Crippen LogP contribution is 2.12. The Morgan fingerprint density at radius 1 is 1.37 bits per heavy atom. The molecule has 0 amide bonds. The second kappa shape index (κ2) is 5.87. The molecular formula is C15H15NO2S. The van der Waals surface area contributed by atoms with E-state index in [0.29, 0.717) is 6.54 Å². The van der Waals surface area contributed by atoms with Crippen molar-refractivity contribution in [2.24, 2.45) is 0 Å². The van der Waals surface area contributed by atoms with Crippen molar-refractivity contribution < 1.29 is 5.11 Å². The maximum Gasteiger partial charge on any atom is 0.307 e. The number of aliphatic hydroxyl groups excluding tert-OH is 1. The first kappa shape index (κ1) is 13.6. The second-order valence-electron chi connectivity index (χ2n) is 4.26. The normalized spacial score (nSPS) is 10.1. The first-order valence-electron chi connectivity index (χ1n) is 5.97. The number of thiazole rings is 1. The summed E-state index contributed by atoms with van der Waals surface area (Å²) in [4.78, 5) is 13.0. The Hall–Kier alpha value is -1.83. The number of aliphatic hydroxyl groups is 1. The topological polar surface area (TPSA) is 42.2 Å². The van der Waals surface area contributed by atoms with E-state index in [1.165, 1.54) is 11.3 Å². The van der Waals surface area contributed by atoms with Crippen molar-refractivity contribution in [2.45, 2.75) is 20.4 Å². The predicted octanol–water partition coefficient (Wildman–Crippen LogP) is 1.92. The molecule has 0 aliphatic heterocycles. The number of rotatable bonds is 2. The van der Waals surface area contributed by atoms with Crippen molar-refractivity contribution in [3.63, 3.8) is 0 Å². The number of nitrogens with zero attached hydrogens (tertiary/aromatic N) is 1. The molecule has 19 heavy (non-hydrogen) atoms. The van der Waals surface area contributed by atoms with Crippen LogP contribution < -0.4 is 4.87 Å². The molecule has 0 radical (unpaired) electrons. The Kier molecular flexibility index (Phi) is 4.20. The summed E-state index contributed by atoms with van der Waals surface area (Å²) in [6.45, 7) is 4.33. The molecule has 98 valence electrons. The summed E-state index contributed by atoms with van der Waals surface area (Å²) in [6, 6.07) is 7.72. The standard InChI is InChI=1S/C15H15NO2S/c1-11-12(2)19-15(18)16(11)10-14-6-3-5-13(9-14)7-4-8-17/h3,5-6,9,17H,8,10H2,1-2H3. The highest BCUT2D eigenvalue weighted by molar-refractivity contribution is 7.09. The molecule has 0 unspecified atom stereocenters. The Bertz CT molecular complexity index is 701. The van der Waals surface area contributed by atoms with E-state index in [1.54, 1.807) is 4.57 Å². The SMILES string of the molecule is Cc1sc(=O)n(Cc2cccc(C#CCO)c2)c1C. The fourth-order valence-electron chi connectivity index (χ4n) is 1.84. The third kappa shape index (κ3) is 3.14. The fourth-order valence-corrected chi connectivity index (χ4v) is 2.67. The first-order chi connectivity index (χ1) is 9.11. The van der Waals surface area contributed by atoms with Gasteiger partial charge in [-0.15, -0.1) is 0 Å². The summed E-state index contributed by atoms with van der Waals surface area (Å²) < 4.78 is 1.78. The maximum atomic E-state index is 11.8. The van der Waals surface area contributed by atoms with E-state index in [-0.39, 0.29) is 11.5 Å². The van der Waals surface area contributed by atoms with Gasteiger partial charge in [0, 0.05) is 16.1 Å². The monoisotopic (exact) mass is 273 g/mol. The molecule has 2 rings (SSSR count). The van der Waals surface area contributed by atoms with E-state index in [2.05, 4.69) is 11.8 Å². The Labute approximate surface area is 116 Å². The van der Waals surface area contributed by atoms with Gasteiger partial charge >= 0.3 is 4.87 Å². The van der Waals surface area contributed by atoms with E-state index >= 15 is 0 Å². The molecule has 1 aromatic carbocycles. The summed E-state index contributed by atoms with van der Waals surface area (Å²) in [5.74, 6) is 5.49. The lowest BCUT2D eigenvalue weighted by Crippen LogP contribution is -2.15. The van der Waals surface area contributed by atoms with Gasteiger partial charge in [-0.05, 0) is 31.5 Å². The number of benzene rings is 1. The molecule has 3 nitrogen and oxygen atoms in total. The minimum absolute atomic E-state index is 0.0712. The highest BCUT2D eigenvalue weighted by Gasteiger charge is 2.07. The van der Waals surface area contributed by atoms with Crippen molar-refractivity contribution in [3.05, 3.63) is 55.6 Å². The van der Waals surface area contributed by atoms with E-state index in [9.17, 15) is 4.79 Å². The fraction of sp³-hybridized carbons (Fsp3) is 0.267. The minimum atomic E-state index is -0.146. The van der Waals surface area contributed by atoms with Gasteiger partial charge in [-0.3, -0.25) is 9.36 Å². The van der Waals surface area contributed by atoms with Gasteiger partial charge in [-0.1, -0.05) is 35.3 Å². The smallest absolute Gasteiger partial charge is 0.307 e. The molecule has 1 aromatic heterocycles. The van der Waals surface area contributed by atoms with Crippen LogP contribution in [0.5, 0.6) is 0 Å². The molecule has 0 atom stereocenters. The highest BCUT2D eigenvalue weighted by atomic mass is 32.1. The number of aromatic nitrogens is 1. The number of hydrogen-bond acceptors (Lipinski definition) is 3. The van der Waals surface area contributed by atoms with Gasteiger partial charge in [0.15, 0.2) is 0 Å². The van der Waals surface area contributed by atoms with E-state index in [1.807, 2.05) is 38.1 Å². The van der Waals surface area contributed by atoms with Gasteiger partial charge < -0.3 is 5.11 Å². The molecule has 1 N–H and O–H groups in total. The molecule has 0 bridgehead atoms. The van der Waals surface area contributed by atoms with Gasteiger partial charge in [0.05, 0.1) is 6.54 Å². The molecule has 0 aliphatic rings. The van der Waals surface area contributed by atoms with Gasteiger partial charge in [-0.2, -0.15) is 0 Å². The minimum Gasteiger partial charge on any atom is -0.384 e. The number of aryl methyl sites for hydroxylation is 1. The van der Waals surface area contributed by atoms with Gasteiger partial charge in [0.1, 0.15) is 6.61 Å². The maximum absolute atomic E-state index is 11.8. The van der Waals surface area contributed by atoms with Crippen molar-refractivity contribution in [2.75, 3.05) is 6.61 Å². The van der Waals surface area contributed by atoms with Crippen LogP contribution in [0.4, 0.5) is 0 Å². The third-order valence-electron chi connectivity index (χ3n) is 2.95. The average molecular weight is 273 g/mol. The molecule has 2 aromatic rings. The van der Waals surface area contributed by atoms with Crippen LogP contribution in [0.25, 0.3) is 0 Å². The van der Waals surface area contributed by atoms with Crippen LogP contribution >= 0.6 is 11.3 Å². The lowest BCUT2D eigenvalue weighted by Gasteiger charge is -2.05. The van der Waals surface area contributed by atoms with Crippen LogP contribution in [0.2, 0.25) is 0 Å². The van der Waals surface area contributed by atoms with Crippen LogP contribution in [0.1, 0.15) is 21.7 Å². The molecule has 0 fully saturated rings. The first-order valence-corrected chi connectivity index (χ1v) is 6.79. The summed E-state index contributed by atoms with van der Waals surface area (Å²) in [5.41, 5.74) is 2.90. The predicted molar refractivity (Wildman–Crippen MR) is 77.6 cm³/mol. The quantitative estimate of drug-likeness (QED) is 0.849. The second-order valence-corrected chi connectivity index (χ2v) is 5.42. The van der Waals surface area contributed by atoms with E-state index < -0.39 is 0 Å². The van der Waals surface area contributed by atoms with Crippen LogP contribution in [-0.2, 0) is 6.54 Å². The van der Waals surface area contributed by atoms with E-state index in [0.717, 1.165) is 21.7 Å². The molecule has 0 spiro atoms. The van der Waals surface area contributed by atoms with Gasteiger partial charge in [-0.25, -0.2) is 0 Å². The lowest BCUT2D eigenvalue weighted by atomic mass is 10.1. The van der Waals surface area contributed by atoms with Crippen molar-refractivity contribution in [3.8, 4) is 11.8 Å². The van der Waals surface area contributed by atoms with Crippen LogP contribution in [0.15, 0.2) is 29.1 Å². The summed E-state index contributed by atoms with van der Waals surface area (Å²) in [5, 5.41) is 8.69. The van der Waals surface area contributed by atoms with Crippen molar-refractivity contribution in [1.29, 1.82) is 0 Å². The zero-order valence-electron chi connectivity index (χ0n) is 10.9. The van der Waals surface area contributed by atoms with Crippen LogP contribution in [-0.4, -0.2) is 16.3 Å². The Morgan fingerprint density at radius 3 is 2.79 bits per heavy atom. The summed E-state index contributed by atoms with van der Waals surface area (Å²) in [6.07, 6.45) is 0. The molecule has 0 saturated carbocycles. The number of hydrogen-bond donors (Lipinski definition) is 1. The molecular weight excluding hydrogens is 258 g/mol. The molecule has 0 saturated heterocycles. The zero-order chi connectivity index (χ0) is 13.8. The largest absolute Gasteiger partial charge is 0.384 e. The van der Waals surface area contributed by atoms with Gasteiger partial charge in [0.2, 0.25) is 0 Å². The summed E-state index contributed by atoms with van der Waals surface area (Å²) in [7, 11) is 0. The average Bonchev–Trinajstić information content (AvgIpc) is 2.64. The third-order valence-corrected chi connectivity index (χ3v) is 3.95. The van der Waals surface area contributed by atoms with Gasteiger partial charge in [0.25, 0.3) is 0 Å². The van der Waals surface area contributed by atoms with Crippen molar-refractivity contribution >= 4 is 11.3 Å². The Balaban J connectivity index is 2.31. The zero-order valence-corrected chi connectivity index (χ0v) is 11.8. The molecule has 4 heteroatoms. The Morgan fingerprint density at radius 2 is 2.16 bits per heavy atom. The van der Waals surface area contributed by atoms with Crippen molar-refractivity contribution in [1.82, 2.24) is 4.57 Å². The summed E-state index contributed by atoms with van der Waals surface area (Å²) >= 11 is 1.28. The van der Waals surface area contributed by atoms with Crippen LogP contribution in [0.3, 0.4) is 0 Å². The molecule has 1 heterocycles. The lowest BCUT2D eigenvalue weighted by molar-refractivity contribution is 0.350. The van der Waals surface area contributed by atoms with E-state index in [4.69, 9.17) is 5.11 Å². The molecule has 0 aliphatic carbocycles.